The highest BCUT2D eigenvalue weighted by molar-refractivity contribution is 8.13. The Kier molecular flexibility index (Phi) is 12.9. The largest absolute Gasteiger partial charge is 0.363 e. The number of nitrogens with zero attached hydrogens (tertiary/aromatic N) is 2. The maximum atomic E-state index is 4.33. The standard InChI is InChI=1S/C9H19N3S.2ClH/c1-3-12(4-2)7-8-13-9-10-5-6-11-9;;/h3-8H2,1-2H3,(H,10,11);2*1H. The number of hydrogen-bond donors (Lipinski definition) is 1. The third-order valence-corrected chi connectivity index (χ3v) is 3.12. The van der Waals surface area contributed by atoms with Gasteiger partial charge < -0.3 is 10.2 Å². The van der Waals surface area contributed by atoms with E-state index in [9.17, 15) is 0 Å². The molecule has 0 unspecified atom stereocenters. The van der Waals surface area contributed by atoms with Gasteiger partial charge in [-0.15, -0.1) is 24.8 Å². The average molecular weight is 274 g/mol. The minimum Gasteiger partial charge on any atom is -0.363 e. The van der Waals surface area contributed by atoms with E-state index in [0.717, 1.165) is 37.1 Å². The van der Waals surface area contributed by atoms with Gasteiger partial charge in [0.15, 0.2) is 5.17 Å². The second-order valence-electron chi connectivity index (χ2n) is 2.99. The normalized spacial score (nSPS) is 13.9. The number of nitrogens with one attached hydrogen (secondary N) is 1. The van der Waals surface area contributed by atoms with Crippen molar-refractivity contribution in [2.75, 3.05) is 38.5 Å². The van der Waals surface area contributed by atoms with Crippen LogP contribution < -0.4 is 5.32 Å². The molecule has 1 aliphatic rings. The first-order valence-electron chi connectivity index (χ1n) is 5.00. The van der Waals surface area contributed by atoms with Gasteiger partial charge >= 0.3 is 0 Å². The lowest BCUT2D eigenvalue weighted by atomic mass is 10.5. The Bertz CT molecular complexity index is 175. The molecule has 0 bridgehead atoms. The van der Waals surface area contributed by atoms with Crippen LogP contribution in [0.25, 0.3) is 0 Å². The van der Waals surface area contributed by atoms with E-state index in [2.05, 4.69) is 29.1 Å². The summed E-state index contributed by atoms with van der Waals surface area (Å²) in [5.41, 5.74) is 0. The topological polar surface area (TPSA) is 27.6 Å². The van der Waals surface area contributed by atoms with Gasteiger partial charge in [-0.1, -0.05) is 25.6 Å². The van der Waals surface area contributed by atoms with Gasteiger partial charge in [0, 0.05) is 18.8 Å². The Morgan fingerprint density at radius 3 is 2.47 bits per heavy atom. The van der Waals surface area contributed by atoms with Crippen LogP contribution in [0.2, 0.25) is 0 Å². The van der Waals surface area contributed by atoms with Crippen molar-refractivity contribution in [2.45, 2.75) is 13.8 Å². The van der Waals surface area contributed by atoms with Crippen molar-refractivity contribution in [3.05, 3.63) is 0 Å². The Labute approximate surface area is 109 Å². The zero-order valence-electron chi connectivity index (χ0n) is 9.36. The number of rotatable bonds is 5. The molecule has 0 saturated heterocycles. The molecule has 0 aromatic carbocycles. The summed E-state index contributed by atoms with van der Waals surface area (Å²) in [6.07, 6.45) is 0. The molecular weight excluding hydrogens is 253 g/mol. The molecule has 0 aromatic heterocycles. The molecule has 1 N–H and O–H groups in total. The molecule has 3 nitrogen and oxygen atoms in total. The molecule has 1 rings (SSSR count). The third kappa shape index (κ3) is 7.28. The van der Waals surface area contributed by atoms with Gasteiger partial charge in [0.05, 0.1) is 6.54 Å². The highest BCUT2D eigenvalue weighted by Gasteiger charge is 2.05. The van der Waals surface area contributed by atoms with E-state index in [-0.39, 0.29) is 24.8 Å². The second kappa shape index (κ2) is 10.9. The number of aliphatic imine (C=N–C) groups is 1. The van der Waals surface area contributed by atoms with Crippen molar-refractivity contribution in [1.29, 1.82) is 0 Å². The molecule has 0 aliphatic carbocycles. The van der Waals surface area contributed by atoms with Crippen molar-refractivity contribution in [3.63, 3.8) is 0 Å². The maximum Gasteiger partial charge on any atom is 0.156 e. The summed E-state index contributed by atoms with van der Waals surface area (Å²) >= 11 is 1.84. The van der Waals surface area contributed by atoms with Gasteiger partial charge in [-0.3, -0.25) is 4.99 Å². The second-order valence-corrected chi connectivity index (χ2v) is 4.07. The molecule has 0 atom stereocenters. The van der Waals surface area contributed by atoms with Crippen LogP contribution in [0.1, 0.15) is 13.8 Å². The molecule has 0 saturated carbocycles. The summed E-state index contributed by atoms with van der Waals surface area (Å²) in [7, 11) is 0. The van der Waals surface area contributed by atoms with E-state index in [1.165, 1.54) is 6.54 Å². The van der Waals surface area contributed by atoms with Gasteiger partial charge in [-0.2, -0.15) is 0 Å². The molecule has 1 aliphatic heterocycles. The van der Waals surface area contributed by atoms with Crippen molar-refractivity contribution in [2.24, 2.45) is 4.99 Å². The SMILES string of the molecule is CCN(CC)CCSC1=NCCN1.Cl.Cl. The molecule has 0 radical (unpaired) electrons. The monoisotopic (exact) mass is 273 g/mol. The van der Waals surface area contributed by atoms with Crippen LogP contribution in [-0.4, -0.2) is 48.5 Å². The fourth-order valence-corrected chi connectivity index (χ4v) is 2.21. The molecule has 6 heteroatoms. The van der Waals surface area contributed by atoms with Gasteiger partial charge in [0.1, 0.15) is 0 Å². The van der Waals surface area contributed by atoms with Crippen LogP contribution in [0.4, 0.5) is 0 Å². The lowest BCUT2D eigenvalue weighted by molar-refractivity contribution is 0.324. The van der Waals surface area contributed by atoms with Gasteiger partial charge in [-0.25, -0.2) is 0 Å². The van der Waals surface area contributed by atoms with E-state index in [1.54, 1.807) is 0 Å². The Morgan fingerprint density at radius 2 is 2.00 bits per heavy atom. The van der Waals surface area contributed by atoms with Crippen LogP contribution >= 0.6 is 36.6 Å². The van der Waals surface area contributed by atoms with Crippen LogP contribution in [0.15, 0.2) is 4.99 Å². The average Bonchev–Trinajstić information content (AvgIpc) is 2.65. The molecule has 1 heterocycles. The van der Waals surface area contributed by atoms with Gasteiger partial charge in [-0.05, 0) is 13.1 Å². The summed E-state index contributed by atoms with van der Waals surface area (Å²) < 4.78 is 0. The molecule has 0 amide bonds. The Hall–Kier alpha value is 0.360. The van der Waals surface area contributed by atoms with Crippen molar-refractivity contribution in [3.8, 4) is 0 Å². The van der Waals surface area contributed by atoms with Crippen LogP contribution in [0, 0.1) is 0 Å². The Morgan fingerprint density at radius 1 is 1.33 bits per heavy atom. The Balaban J connectivity index is 0. The minimum atomic E-state index is 0. The highest BCUT2D eigenvalue weighted by atomic mass is 35.5. The summed E-state index contributed by atoms with van der Waals surface area (Å²) in [4.78, 5) is 6.77. The fraction of sp³-hybridized carbons (Fsp3) is 0.889. The summed E-state index contributed by atoms with van der Waals surface area (Å²) in [6.45, 7) is 9.85. The molecule has 0 aromatic rings. The number of halogens is 2. The fourth-order valence-electron chi connectivity index (χ4n) is 1.28. The molecule has 15 heavy (non-hydrogen) atoms. The quantitative estimate of drug-likeness (QED) is 0.829. The van der Waals surface area contributed by atoms with Crippen molar-refractivity contribution in [1.82, 2.24) is 10.2 Å². The van der Waals surface area contributed by atoms with Gasteiger partial charge in [0.25, 0.3) is 0 Å². The number of thioether (sulfide) groups is 1. The lowest BCUT2D eigenvalue weighted by Crippen LogP contribution is -2.26. The number of hydrogen-bond acceptors (Lipinski definition) is 4. The summed E-state index contributed by atoms with van der Waals surface area (Å²) in [5, 5.41) is 4.39. The van der Waals surface area contributed by atoms with Crippen LogP contribution in [0.5, 0.6) is 0 Å². The van der Waals surface area contributed by atoms with Crippen LogP contribution in [-0.2, 0) is 0 Å². The van der Waals surface area contributed by atoms with E-state index < -0.39 is 0 Å². The van der Waals surface area contributed by atoms with Crippen molar-refractivity contribution >= 4 is 41.7 Å². The predicted molar refractivity (Wildman–Crippen MR) is 75.0 cm³/mol. The zero-order chi connectivity index (χ0) is 9.52. The smallest absolute Gasteiger partial charge is 0.156 e. The lowest BCUT2D eigenvalue weighted by Gasteiger charge is -2.17. The van der Waals surface area contributed by atoms with E-state index in [1.807, 2.05) is 11.8 Å². The third-order valence-electron chi connectivity index (χ3n) is 2.18. The first-order valence-corrected chi connectivity index (χ1v) is 5.98. The van der Waals surface area contributed by atoms with Crippen molar-refractivity contribution < 1.29 is 0 Å². The number of amidine groups is 1. The molecule has 92 valence electrons. The van der Waals surface area contributed by atoms with E-state index >= 15 is 0 Å². The molecule has 0 spiro atoms. The summed E-state index contributed by atoms with van der Waals surface area (Å²) in [5.74, 6) is 1.15. The highest BCUT2D eigenvalue weighted by Crippen LogP contribution is 2.05. The van der Waals surface area contributed by atoms with E-state index in [0.29, 0.717) is 0 Å². The first kappa shape index (κ1) is 17.7. The summed E-state index contributed by atoms with van der Waals surface area (Å²) in [6, 6.07) is 0. The minimum absolute atomic E-state index is 0. The van der Waals surface area contributed by atoms with E-state index in [4.69, 9.17) is 0 Å². The first-order chi connectivity index (χ1) is 6.36. The predicted octanol–water partition coefficient (Wildman–Crippen LogP) is 1.86. The maximum absolute atomic E-state index is 4.33. The van der Waals surface area contributed by atoms with Gasteiger partial charge in [0.2, 0.25) is 0 Å². The molecule has 0 fully saturated rings. The molecular formula is C9H21Cl2N3S. The zero-order valence-corrected chi connectivity index (χ0v) is 11.8. The van der Waals surface area contributed by atoms with Crippen LogP contribution in [0.3, 0.4) is 0 Å².